The predicted molar refractivity (Wildman–Crippen MR) is 106 cm³/mol. The molecule has 0 saturated heterocycles. The van der Waals surface area contributed by atoms with Crippen LogP contribution in [0.2, 0.25) is 10.0 Å². The summed E-state index contributed by atoms with van der Waals surface area (Å²) in [6, 6.07) is 10.0. The Labute approximate surface area is 167 Å². The zero-order chi connectivity index (χ0) is 20.0. The Morgan fingerprint density at radius 3 is 2.37 bits per heavy atom. The van der Waals surface area contributed by atoms with E-state index in [1.54, 1.807) is 24.3 Å². The van der Waals surface area contributed by atoms with E-state index in [-0.39, 0.29) is 23.6 Å². The van der Waals surface area contributed by atoms with Gasteiger partial charge in [-0.2, -0.15) is 0 Å². The van der Waals surface area contributed by atoms with E-state index in [4.69, 9.17) is 27.9 Å². The van der Waals surface area contributed by atoms with Crippen LogP contribution in [0.1, 0.15) is 34.3 Å². The highest BCUT2D eigenvalue weighted by Crippen LogP contribution is 2.25. The second-order valence-electron chi connectivity index (χ2n) is 6.06. The summed E-state index contributed by atoms with van der Waals surface area (Å²) in [4.78, 5) is 35.8. The van der Waals surface area contributed by atoms with Crippen molar-refractivity contribution in [3.8, 4) is 0 Å². The number of amides is 1. The molecule has 2 aromatic carbocycles. The largest absolute Gasteiger partial charge is 0.456 e. The monoisotopic (exact) mass is 407 g/mol. The Balaban J connectivity index is 1.77. The van der Waals surface area contributed by atoms with Crippen LogP contribution in [-0.4, -0.2) is 24.3 Å². The maximum atomic E-state index is 12.1. The minimum Gasteiger partial charge on any atom is -0.456 e. The molecule has 0 fully saturated rings. The van der Waals surface area contributed by atoms with Crippen molar-refractivity contribution < 1.29 is 19.1 Å². The maximum absolute atomic E-state index is 12.1. The first kappa shape index (κ1) is 20.9. The van der Waals surface area contributed by atoms with Crippen LogP contribution in [0.5, 0.6) is 0 Å². The lowest BCUT2D eigenvalue weighted by Gasteiger charge is -2.08. The SMILES string of the molecule is Cc1ccc(C(=O)CCC(=O)OCC(=O)Nc2ccc(Cl)cc2Cl)cc1C. The molecule has 142 valence electrons. The Morgan fingerprint density at radius 1 is 0.963 bits per heavy atom. The van der Waals surface area contributed by atoms with Gasteiger partial charge in [0, 0.05) is 17.0 Å². The standard InChI is InChI=1S/C20H19Cl2NO4/c1-12-3-4-14(9-13(12)2)18(24)7-8-20(26)27-11-19(25)23-17-6-5-15(21)10-16(17)22/h3-6,9-10H,7-8,11H2,1-2H3,(H,23,25). The maximum Gasteiger partial charge on any atom is 0.306 e. The molecule has 2 rings (SSSR count). The molecule has 2 aromatic rings. The van der Waals surface area contributed by atoms with Gasteiger partial charge in [-0.1, -0.05) is 35.3 Å². The number of Topliss-reactive ketones (excluding diaryl/α,β-unsaturated/α-hetero) is 1. The molecule has 0 unspecified atom stereocenters. The molecule has 0 atom stereocenters. The second-order valence-corrected chi connectivity index (χ2v) is 6.90. The Bertz CT molecular complexity index is 880. The Hall–Kier alpha value is -2.37. The third kappa shape index (κ3) is 6.38. The molecule has 7 heteroatoms. The first-order valence-electron chi connectivity index (χ1n) is 8.27. The number of rotatable bonds is 7. The molecule has 27 heavy (non-hydrogen) atoms. The van der Waals surface area contributed by atoms with E-state index in [2.05, 4.69) is 5.32 Å². The highest BCUT2D eigenvalue weighted by molar-refractivity contribution is 6.36. The minimum atomic E-state index is -0.621. The summed E-state index contributed by atoms with van der Waals surface area (Å²) in [7, 11) is 0. The first-order valence-corrected chi connectivity index (χ1v) is 9.03. The number of hydrogen-bond acceptors (Lipinski definition) is 4. The summed E-state index contributed by atoms with van der Waals surface area (Å²) in [5.74, 6) is -1.30. The van der Waals surface area contributed by atoms with Gasteiger partial charge in [-0.3, -0.25) is 14.4 Å². The van der Waals surface area contributed by atoms with Crippen LogP contribution in [-0.2, 0) is 14.3 Å². The highest BCUT2D eigenvalue weighted by atomic mass is 35.5. The van der Waals surface area contributed by atoms with Crippen molar-refractivity contribution in [1.82, 2.24) is 0 Å². The third-order valence-corrected chi connectivity index (χ3v) is 4.50. The fourth-order valence-corrected chi connectivity index (χ4v) is 2.73. The molecule has 0 aliphatic rings. The fraction of sp³-hybridized carbons (Fsp3) is 0.250. The lowest BCUT2D eigenvalue weighted by atomic mass is 10.0. The number of benzene rings is 2. The smallest absolute Gasteiger partial charge is 0.306 e. The molecule has 1 N–H and O–H groups in total. The first-order chi connectivity index (χ1) is 12.8. The van der Waals surface area contributed by atoms with Crippen molar-refractivity contribution in [3.63, 3.8) is 0 Å². The predicted octanol–water partition coefficient (Wildman–Crippen LogP) is 4.76. The summed E-state index contributed by atoms with van der Waals surface area (Å²) in [6.45, 7) is 3.42. The van der Waals surface area contributed by atoms with E-state index in [1.807, 2.05) is 19.9 Å². The number of hydrogen-bond donors (Lipinski definition) is 1. The van der Waals surface area contributed by atoms with E-state index < -0.39 is 18.5 Å². The summed E-state index contributed by atoms with van der Waals surface area (Å²) >= 11 is 11.7. The highest BCUT2D eigenvalue weighted by Gasteiger charge is 2.13. The molecule has 0 spiro atoms. The van der Waals surface area contributed by atoms with Gasteiger partial charge in [0.1, 0.15) is 0 Å². The number of halogens is 2. The van der Waals surface area contributed by atoms with Crippen LogP contribution in [0.4, 0.5) is 5.69 Å². The number of ether oxygens (including phenoxy) is 1. The zero-order valence-corrected chi connectivity index (χ0v) is 16.5. The van der Waals surface area contributed by atoms with Crippen molar-refractivity contribution >= 4 is 46.5 Å². The quantitative estimate of drug-likeness (QED) is 0.530. The minimum absolute atomic E-state index is 0.0198. The normalized spacial score (nSPS) is 10.4. The van der Waals surface area contributed by atoms with Gasteiger partial charge in [0.15, 0.2) is 12.4 Å². The third-order valence-electron chi connectivity index (χ3n) is 3.95. The number of ketones is 1. The van der Waals surface area contributed by atoms with Gasteiger partial charge in [0.2, 0.25) is 0 Å². The Kier molecular flexibility index (Phi) is 7.39. The van der Waals surface area contributed by atoms with E-state index in [1.165, 1.54) is 6.07 Å². The van der Waals surface area contributed by atoms with Crippen molar-refractivity contribution in [1.29, 1.82) is 0 Å². The number of carbonyl (C=O) groups is 3. The average Bonchev–Trinajstić information content (AvgIpc) is 2.62. The van der Waals surface area contributed by atoms with Crippen LogP contribution < -0.4 is 5.32 Å². The summed E-state index contributed by atoms with van der Waals surface area (Å²) < 4.78 is 4.90. The molecule has 1 amide bonds. The summed E-state index contributed by atoms with van der Waals surface area (Å²) in [5.41, 5.74) is 3.03. The average molecular weight is 408 g/mol. The molecule has 5 nitrogen and oxygen atoms in total. The molecule has 0 heterocycles. The van der Waals surface area contributed by atoms with E-state index >= 15 is 0 Å². The fourth-order valence-electron chi connectivity index (χ4n) is 2.27. The summed E-state index contributed by atoms with van der Waals surface area (Å²) in [6.07, 6.45) is -0.0767. The van der Waals surface area contributed by atoms with Crippen LogP contribution in [0.15, 0.2) is 36.4 Å². The number of anilines is 1. The Morgan fingerprint density at radius 2 is 1.70 bits per heavy atom. The molecule has 0 aliphatic carbocycles. The molecule has 0 aliphatic heterocycles. The lowest BCUT2D eigenvalue weighted by molar-refractivity contribution is -0.147. The van der Waals surface area contributed by atoms with Gasteiger partial charge in [-0.25, -0.2) is 0 Å². The lowest BCUT2D eigenvalue weighted by Crippen LogP contribution is -2.21. The van der Waals surface area contributed by atoms with Crippen LogP contribution in [0, 0.1) is 13.8 Å². The molecule has 0 radical (unpaired) electrons. The molecule has 0 saturated carbocycles. The van der Waals surface area contributed by atoms with Crippen molar-refractivity contribution in [2.75, 3.05) is 11.9 Å². The van der Waals surface area contributed by atoms with Crippen LogP contribution in [0.3, 0.4) is 0 Å². The number of aryl methyl sites for hydroxylation is 2. The van der Waals surface area contributed by atoms with E-state index in [0.29, 0.717) is 16.3 Å². The summed E-state index contributed by atoms with van der Waals surface area (Å²) in [5, 5.41) is 3.24. The second kappa shape index (κ2) is 9.53. The van der Waals surface area contributed by atoms with Crippen LogP contribution >= 0.6 is 23.2 Å². The van der Waals surface area contributed by atoms with Gasteiger partial charge >= 0.3 is 5.97 Å². The topological polar surface area (TPSA) is 72.5 Å². The van der Waals surface area contributed by atoms with Gasteiger partial charge in [0.25, 0.3) is 5.91 Å². The number of esters is 1. The number of carbonyl (C=O) groups excluding carboxylic acids is 3. The molecule has 0 bridgehead atoms. The zero-order valence-electron chi connectivity index (χ0n) is 15.0. The van der Waals surface area contributed by atoms with Crippen LogP contribution in [0.25, 0.3) is 0 Å². The van der Waals surface area contributed by atoms with Gasteiger partial charge in [-0.15, -0.1) is 0 Å². The molecule has 0 aromatic heterocycles. The van der Waals surface area contributed by atoms with E-state index in [0.717, 1.165) is 11.1 Å². The van der Waals surface area contributed by atoms with Gasteiger partial charge in [0.05, 0.1) is 17.1 Å². The molecular weight excluding hydrogens is 389 g/mol. The van der Waals surface area contributed by atoms with Crippen molar-refractivity contribution in [2.45, 2.75) is 26.7 Å². The number of nitrogens with one attached hydrogen (secondary N) is 1. The van der Waals surface area contributed by atoms with Gasteiger partial charge < -0.3 is 10.1 Å². The molecular formula is C20H19Cl2NO4. The van der Waals surface area contributed by atoms with E-state index in [9.17, 15) is 14.4 Å². The van der Waals surface area contributed by atoms with Gasteiger partial charge in [-0.05, 0) is 49.2 Å². The van der Waals surface area contributed by atoms with Crippen molar-refractivity contribution in [3.05, 3.63) is 63.1 Å². The van der Waals surface area contributed by atoms with Crippen molar-refractivity contribution in [2.24, 2.45) is 0 Å².